The first kappa shape index (κ1) is 13.2. The van der Waals surface area contributed by atoms with Gasteiger partial charge in [0.25, 0.3) is 0 Å². The van der Waals surface area contributed by atoms with Gasteiger partial charge in [-0.05, 0) is 36.2 Å². The molecule has 0 aliphatic rings. The van der Waals surface area contributed by atoms with Crippen LogP contribution in [-0.2, 0) is 11.2 Å². The zero-order chi connectivity index (χ0) is 15.0. The Labute approximate surface area is 119 Å². The van der Waals surface area contributed by atoms with Crippen molar-refractivity contribution >= 4 is 27.9 Å². The summed E-state index contributed by atoms with van der Waals surface area (Å²) in [5.74, 6) is -0.750. The summed E-state index contributed by atoms with van der Waals surface area (Å²) >= 11 is 0. The van der Waals surface area contributed by atoms with Crippen molar-refractivity contribution in [3.8, 4) is 11.5 Å². The predicted octanol–water partition coefficient (Wildman–Crippen LogP) is 3.30. The van der Waals surface area contributed by atoms with Gasteiger partial charge in [0.05, 0.1) is 22.9 Å². The normalized spacial score (nSPS) is 11.0. The van der Waals surface area contributed by atoms with Gasteiger partial charge in [-0.15, -0.1) is 0 Å². The molecule has 106 valence electrons. The van der Waals surface area contributed by atoms with Crippen LogP contribution in [0, 0.1) is 0 Å². The van der Waals surface area contributed by atoms with Crippen LogP contribution < -0.4 is 0 Å². The Morgan fingerprint density at radius 2 is 1.48 bits per heavy atom. The fourth-order valence-electron chi connectivity index (χ4n) is 2.45. The van der Waals surface area contributed by atoms with Crippen molar-refractivity contribution in [2.75, 3.05) is 0 Å². The predicted molar refractivity (Wildman–Crippen MR) is 77.4 cm³/mol. The molecule has 0 spiro atoms. The summed E-state index contributed by atoms with van der Waals surface area (Å²) in [4.78, 5) is 10.8. The smallest absolute Gasteiger partial charge is 0.364 e. The summed E-state index contributed by atoms with van der Waals surface area (Å²) in [5, 5.41) is 29.5. The van der Waals surface area contributed by atoms with E-state index < -0.39 is 5.97 Å². The zero-order valence-electron chi connectivity index (χ0n) is 11.0. The maximum Gasteiger partial charge on any atom is 0.364 e. The zero-order valence-corrected chi connectivity index (χ0v) is 11.0. The quantitative estimate of drug-likeness (QED) is 0.507. The van der Waals surface area contributed by atoms with E-state index in [0.717, 1.165) is 16.3 Å². The fourth-order valence-corrected chi connectivity index (χ4v) is 2.45. The largest absolute Gasteiger partial charge is 0.508 e. The van der Waals surface area contributed by atoms with Gasteiger partial charge in [0.2, 0.25) is 0 Å². The highest BCUT2D eigenvalue weighted by atomic mass is 16.4. The van der Waals surface area contributed by atoms with Gasteiger partial charge in [-0.2, -0.15) is 0 Å². The van der Waals surface area contributed by atoms with E-state index in [9.17, 15) is 15.0 Å². The van der Waals surface area contributed by atoms with Crippen LogP contribution in [0.1, 0.15) is 12.0 Å². The molecular weight excluding hydrogens is 272 g/mol. The first-order valence-electron chi connectivity index (χ1n) is 6.47. The summed E-state index contributed by atoms with van der Waals surface area (Å²) in [6.07, 6.45) is 0.338. The van der Waals surface area contributed by atoms with Crippen molar-refractivity contribution in [3.05, 3.63) is 42.0 Å². The van der Waals surface area contributed by atoms with Crippen LogP contribution in [-0.4, -0.2) is 21.3 Å². The molecule has 0 amide bonds. The van der Waals surface area contributed by atoms with Crippen molar-refractivity contribution in [2.24, 2.45) is 0 Å². The molecule has 5 nitrogen and oxygen atoms in total. The second kappa shape index (κ2) is 4.94. The van der Waals surface area contributed by atoms with Crippen LogP contribution in [0.4, 0.5) is 0 Å². The van der Waals surface area contributed by atoms with Gasteiger partial charge < -0.3 is 15.3 Å². The monoisotopic (exact) mass is 285 g/mol. The Bertz CT molecular complexity index is 794. The molecular formula is C16H13O5+. The number of phenolic OH excluding ortho intramolecular Hbond substituents is 2. The van der Waals surface area contributed by atoms with Crippen molar-refractivity contribution in [2.45, 2.75) is 12.8 Å². The first-order chi connectivity index (χ1) is 10.0. The van der Waals surface area contributed by atoms with E-state index in [-0.39, 0.29) is 17.9 Å². The highest BCUT2D eigenvalue weighted by molar-refractivity contribution is 5.96. The molecule has 0 unspecified atom stereocenters. The number of phenols is 2. The highest BCUT2D eigenvalue weighted by Gasteiger charge is 2.20. The number of hydrogen-bond donors (Lipinski definition) is 3. The molecule has 1 aromatic heterocycles. The molecule has 5 heteroatoms. The van der Waals surface area contributed by atoms with Gasteiger partial charge in [-0.25, -0.2) is 4.42 Å². The molecule has 1 heterocycles. The maximum absolute atomic E-state index is 10.8. The van der Waals surface area contributed by atoms with E-state index in [1.807, 2.05) is 0 Å². The summed E-state index contributed by atoms with van der Waals surface area (Å²) in [7, 11) is 0. The number of hydrogen-bond acceptors (Lipinski definition) is 3. The van der Waals surface area contributed by atoms with Gasteiger partial charge in [-0.3, -0.25) is 4.79 Å². The molecule has 0 radical (unpaired) electrons. The summed E-state index contributed by atoms with van der Waals surface area (Å²) < 4.78 is 5.69. The number of aliphatic carboxylic acids is 1. The number of carboxylic acids is 1. The third-order valence-electron chi connectivity index (χ3n) is 3.39. The topological polar surface area (TPSA) is 89.1 Å². The molecule has 0 saturated carbocycles. The number of aryl methyl sites for hydroxylation is 1. The van der Waals surface area contributed by atoms with Crippen molar-refractivity contribution < 1.29 is 24.5 Å². The standard InChI is InChI=1S/C16H12O5/c17-9-1-3-12-11(5-6-16(19)20)13-4-2-10(18)8-15(13)21-14(12)7-9/h1-4,7-8H,5-6H2,(H2-,17,18,19,20)/p+1. The average Bonchev–Trinajstić information content (AvgIpc) is 2.42. The number of rotatable bonds is 3. The third kappa shape index (κ3) is 2.45. The summed E-state index contributed by atoms with van der Waals surface area (Å²) in [6.45, 7) is 0. The Kier molecular flexibility index (Phi) is 3.10. The number of aromatic hydroxyl groups is 2. The number of fused-ring (bicyclic) bond motifs is 2. The lowest BCUT2D eigenvalue weighted by molar-refractivity contribution is -0.136. The van der Waals surface area contributed by atoms with Gasteiger partial charge in [0, 0.05) is 6.42 Å². The molecule has 0 bridgehead atoms. The van der Waals surface area contributed by atoms with Crippen molar-refractivity contribution in [3.63, 3.8) is 0 Å². The van der Waals surface area contributed by atoms with E-state index in [2.05, 4.69) is 0 Å². The molecule has 3 rings (SSSR count). The Morgan fingerprint density at radius 3 is 1.95 bits per heavy atom. The van der Waals surface area contributed by atoms with Gasteiger partial charge in [0.15, 0.2) is 0 Å². The van der Waals surface area contributed by atoms with Gasteiger partial charge >= 0.3 is 17.1 Å². The van der Waals surface area contributed by atoms with E-state index in [1.165, 1.54) is 24.3 Å². The SMILES string of the molecule is O=C(O)CCc1c2ccc(O)cc2[o+]c2cc(O)ccc12. The Balaban J connectivity index is 2.32. The van der Waals surface area contributed by atoms with Crippen LogP contribution in [0.15, 0.2) is 40.8 Å². The van der Waals surface area contributed by atoms with Crippen LogP contribution in [0.3, 0.4) is 0 Å². The maximum atomic E-state index is 10.8. The van der Waals surface area contributed by atoms with Crippen LogP contribution in [0.2, 0.25) is 0 Å². The first-order valence-corrected chi connectivity index (χ1v) is 6.47. The Hall–Kier alpha value is -2.82. The highest BCUT2D eigenvalue weighted by Crippen LogP contribution is 2.33. The van der Waals surface area contributed by atoms with E-state index >= 15 is 0 Å². The van der Waals surface area contributed by atoms with E-state index in [0.29, 0.717) is 17.6 Å². The number of carboxylic acid groups (broad SMARTS) is 1. The van der Waals surface area contributed by atoms with Crippen molar-refractivity contribution in [1.82, 2.24) is 0 Å². The Morgan fingerprint density at radius 1 is 0.952 bits per heavy atom. The molecule has 21 heavy (non-hydrogen) atoms. The minimum atomic E-state index is -0.880. The lowest BCUT2D eigenvalue weighted by atomic mass is 9.99. The molecule has 3 aromatic rings. The molecule has 3 N–H and O–H groups in total. The van der Waals surface area contributed by atoms with Crippen LogP contribution >= 0.6 is 0 Å². The third-order valence-corrected chi connectivity index (χ3v) is 3.39. The molecule has 0 aliphatic heterocycles. The van der Waals surface area contributed by atoms with Gasteiger partial charge in [-0.1, -0.05) is 0 Å². The minimum absolute atomic E-state index is 0.00400. The average molecular weight is 285 g/mol. The second-order valence-electron chi connectivity index (χ2n) is 4.84. The fraction of sp³-hybridized carbons (Fsp3) is 0.125. The van der Waals surface area contributed by atoms with E-state index in [1.54, 1.807) is 12.1 Å². The molecule has 2 aromatic carbocycles. The molecule has 0 saturated heterocycles. The lowest BCUT2D eigenvalue weighted by Crippen LogP contribution is -1.99. The second-order valence-corrected chi connectivity index (χ2v) is 4.84. The molecule has 0 aliphatic carbocycles. The van der Waals surface area contributed by atoms with Crippen LogP contribution in [0.5, 0.6) is 11.5 Å². The molecule has 0 fully saturated rings. The summed E-state index contributed by atoms with van der Waals surface area (Å²) in [6, 6.07) is 9.43. The van der Waals surface area contributed by atoms with Gasteiger partial charge in [0.1, 0.15) is 11.5 Å². The number of carbonyl (C=O) groups is 1. The molecule has 0 atom stereocenters. The lowest BCUT2D eigenvalue weighted by Gasteiger charge is -2.04. The summed E-state index contributed by atoms with van der Waals surface area (Å²) in [5.41, 5.74) is 1.73. The van der Waals surface area contributed by atoms with Crippen LogP contribution in [0.25, 0.3) is 21.9 Å². The van der Waals surface area contributed by atoms with E-state index in [4.69, 9.17) is 9.52 Å². The minimum Gasteiger partial charge on any atom is -0.508 e. The number of benzene rings is 2. The van der Waals surface area contributed by atoms with Crippen molar-refractivity contribution in [1.29, 1.82) is 0 Å².